The lowest BCUT2D eigenvalue weighted by Crippen LogP contribution is -2.23. The third-order valence-corrected chi connectivity index (χ3v) is 3.11. The summed E-state index contributed by atoms with van der Waals surface area (Å²) in [6, 6.07) is 9.01. The molecule has 1 aromatic heterocycles. The number of methoxy groups -OCH3 is 1. The summed E-state index contributed by atoms with van der Waals surface area (Å²) >= 11 is 0. The number of benzene rings is 1. The second-order valence-corrected chi connectivity index (χ2v) is 4.35. The molecule has 1 aromatic carbocycles. The Labute approximate surface area is 115 Å². The first kappa shape index (κ1) is 13.8. The van der Waals surface area contributed by atoms with Crippen molar-refractivity contribution in [1.82, 2.24) is 4.57 Å². The van der Waals surface area contributed by atoms with Crippen LogP contribution in [0.5, 0.6) is 5.75 Å². The maximum Gasteiger partial charge on any atom is 0.375 e. The van der Waals surface area contributed by atoms with Gasteiger partial charge in [-0.15, -0.1) is 0 Å². The molecule has 0 aliphatic carbocycles. The second kappa shape index (κ2) is 5.56. The Morgan fingerprint density at radius 1 is 1.30 bits per heavy atom. The van der Waals surface area contributed by atoms with Gasteiger partial charge >= 0.3 is 11.2 Å². The fraction of sp³-hybridized carbons (Fsp3) is 0.214. The van der Waals surface area contributed by atoms with Gasteiger partial charge < -0.3 is 9.30 Å². The first-order valence-corrected chi connectivity index (χ1v) is 6.01. The Morgan fingerprint density at radius 3 is 2.60 bits per heavy atom. The predicted molar refractivity (Wildman–Crippen MR) is 74.2 cm³/mol. The van der Waals surface area contributed by atoms with E-state index in [1.165, 1.54) is 23.9 Å². The van der Waals surface area contributed by atoms with Gasteiger partial charge in [0.15, 0.2) is 0 Å². The average molecular weight is 274 g/mol. The molecule has 0 aliphatic rings. The lowest BCUT2D eigenvalue weighted by atomic mass is 10.1. The van der Waals surface area contributed by atoms with E-state index in [-0.39, 0.29) is 12.3 Å². The highest BCUT2D eigenvalue weighted by Gasteiger charge is 2.22. The Hall–Kier alpha value is -2.63. The summed E-state index contributed by atoms with van der Waals surface area (Å²) in [6.45, 7) is 2.22. The third kappa shape index (κ3) is 2.54. The Balaban J connectivity index is 2.49. The van der Waals surface area contributed by atoms with Crippen molar-refractivity contribution in [3.8, 4) is 5.75 Å². The number of hydrogen-bond donors (Lipinski definition) is 0. The van der Waals surface area contributed by atoms with Gasteiger partial charge in [-0.3, -0.25) is 14.9 Å². The Kier molecular flexibility index (Phi) is 3.84. The van der Waals surface area contributed by atoms with E-state index in [0.29, 0.717) is 0 Å². The molecule has 0 atom stereocenters. The molecule has 0 bridgehead atoms. The van der Waals surface area contributed by atoms with Crippen LogP contribution in [0.1, 0.15) is 11.1 Å². The van der Waals surface area contributed by atoms with Crippen LogP contribution in [0, 0.1) is 17.0 Å². The van der Waals surface area contributed by atoms with E-state index >= 15 is 0 Å². The first-order chi connectivity index (χ1) is 9.54. The van der Waals surface area contributed by atoms with E-state index in [1.807, 2.05) is 31.2 Å². The zero-order valence-corrected chi connectivity index (χ0v) is 11.2. The van der Waals surface area contributed by atoms with Crippen LogP contribution in [-0.4, -0.2) is 16.6 Å². The summed E-state index contributed by atoms with van der Waals surface area (Å²) in [5.74, 6) is -0.0268. The minimum absolute atomic E-state index is 0.0268. The highest BCUT2D eigenvalue weighted by atomic mass is 16.6. The molecule has 20 heavy (non-hydrogen) atoms. The fourth-order valence-electron chi connectivity index (χ4n) is 1.97. The van der Waals surface area contributed by atoms with Crippen molar-refractivity contribution in [3.63, 3.8) is 0 Å². The van der Waals surface area contributed by atoms with Gasteiger partial charge in [0.2, 0.25) is 5.75 Å². The SMILES string of the molecule is COc1ccn(Cc2ccccc2C)c(=O)c1[N+](=O)[O-]. The molecule has 0 fully saturated rings. The molecule has 0 aliphatic heterocycles. The summed E-state index contributed by atoms with van der Waals surface area (Å²) < 4.78 is 6.17. The molecule has 0 radical (unpaired) electrons. The number of rotatable bonds is 4. The number of pyridine rings is 1. The normalized spacial score (nSPS) is 10.3. The minimum Gasteiger partial charge on any atom is -0.490 e. The molecule has 6 nitrogen and oxygen atoms in total. The number of nitrogens with zero attached hydrogens (tertiary/aromatic N) is 2. The smallest absolute Gasteiger partial charge is 0.375 e. The van der Waals surface area contributed by atoms with E-state index in [2.05, 4.69) is 0 Å². The van der Waals surface area contributed by atoms with Gasteiger partial charge in [-0.2, -0.15) is 0 Å². The number of aromatic nitrogens is 1. The van der Waals surface area contributed by atoms with Crippen molar-refractivity contribution in [2.75, 3.05) is 7.11 Å². The van der Waals surface area contributed by atoms with Gasteiger partial charge in [0, 0.05) is 12.3 Å². The monoisotopic (exact) mass is 274 g/mol. The minimum atomic E-state index is -0.713. The van der Waals surface area contributed by atoms with E-state index in [1.54, 1.807) is 0 Å². The van der Waals surface area contributed by atoms with Crippen molar-refractivity contribution >= 4 is 5.69 Å². The van der Waals surface area contributed by atoms with Gasteiger partial charge in [0.1, 0.15) is 0 Å². The predicted octanol–water partition coefficient (Wildman–Crippen LogP) is 2.12. The summed E-state index contributed by atoms with van der Waals surface area (Å²) in [5, 5.41) is 11.0. The molecule has 104 valence electrons. The largest absolute Gasteiger partial charge is 0.490 e. The summed E-state index contributed by atoms with van der Waals surface area (Å²) in [6.07, 6.45) is 1.50. The summed E-state index contributed by atoms with van der Waals surface area (Å²) in [7, 11) is 1.30. The maximum atomic E-state index is 12.1. The second-order valence-electron chi connectivity index (χ2n) is 4.35. The van der Waals surface area contributed by atoms with Crippen LogP contribution < -0.4 is 10.3 Å². The first-order valence-electron chi connectivity index (χ1n) is 6.01. The molecular weight excluding hydrogens is 260 g/mol. The summed E-state index contributed by atoms with van der Waals surface area (Å²) in [5.41, 5.74) is 0.758. The number of aryl methyl sites for hydroxylation is 1. The van der Waals surface area contributed by atoms with Crippen molar-refractivity contribution < 1.29 is 9.66 Å². The van der Waals surface area contributed by atoms with E-state index < -0.39 is 16.2 Å². The molecule has 2 rings (SSSR count). The van der Waals surface area contributed by atoms with Crippen LogP contribution in [0.15, 0.2) is 41.3 Å². The molecule has 0 N–H and O–H groups in total. The molecule has 2 aromatic rings. The standard InChI is InChI=1S/C14H14N2O4/c1-10-5-3-4-6-11(10)9-15-8-7-12(20-2)13(14(15)17)16(18)19/h3-8H,9H2,1-2H3. The Morgan fingerprint density at radius 2 is 2.00 bits per heavy atom. The van der Waals surface area contributed by atoms with Crippen LogP contribution in [-0.2, 0) is 6.54 Å². The van der Waals surface area contributed by atoms with Crippen molar-refractivity contribution in [2.24, 2.45) is 0 Å². The number of ether oxygens (including phenoxy) is 1. The molecular formula is C14H14N2O4. The molecule has 6 heteroatoms. The molecule has 1 heterocycles. The maximum absolute atomic E-state index is 12.1. The third-order valence-electron chi connectivity index (χ3n) is 3.11. The van der Waals surface area contributed by atoms with E-state index in [4.69, 9.17) is 4.74 Å². The van der Waals surface area contributed by atoms with Gasteiger partial charge in [-0.25, -0.2) is 0 Å². The average Bonchev–Trinajstić information content (AvgIpc) is 2.42. The quantitative estimate of drug-likeness (QED) is 0.632. The Bertz CT molecular complexity index is 707. The van der Waals surface area contributed by atoms with Gasteiger partial charge in [-0.05, 0) is 18.1 Å². The molecule has 0 spiro atoms. The zero-order chi connectivity index (χ0) is 14.7. The molecule has 0 saturated carbocycles. The van der Waals surface area contributed by atoms with Crippen molar-refractivity contribution in [2.45, 2.75) is 13.5 Å². The van der Waals surface area contributed by atoms with Crippen LogP contribution in [0.2, 0.25) is 0 Å². The lowest BCUT2D eigenvalue weighted by molar-refractivity contribution is -0.387. The lowest BCUT2D eigenvalue weighted by Gasteiger charge is -2.09. The molecule has 0 unspecified atom stereocenters. The molecule has 0 amide bonds. The topological polar surface area (TPSA) is 74.4 Å². The van der Waals surface area contributed by atoms with Gasteiger partial charge in [0.25, 0.3) is 0 Å². The highest BCUT2D eigenvalue weighted by Crippen LogP contribution is 2.21. The van der Waals surface area contributed by atoms with E-state index in [9.17, 15) is 14.9 Å². The van der Waals surface area contributed by atoms with Crippen LogP contribution in [0.4, 0.5) is 5.69 Å². The van der Waals surface area contributed by atoms with Crippen LogP contribution >= 0.6 is 0 Å². The number of hydrogen-bond acceptors (Lipinski definition) is 4. The van der Waals surface area contributed by atoms with Crippen molar-refractivity contribution in [3.05, 3.63) is 68.1 Å². The zero-order valence-electron chi connectivity index (χ0n) is 11.2. The van der Waals surface area contributed by atoms with E-state index in [0.717, 1.165) is 11.1 Å². The van der Waals surface area contributed by atoms with Gasteiger partial charge in [0.05, 0.1) is 18.6 Å². The van der Waals surface area contributed by atoms with Crippen molar-refractivity contribution in [1.29, 1.82) is 0 Å². The fourth-order valence-corrected chi connectivity index (χ4v) is 1.97. The van der Waals surface area contributed by atoms with Gasteiger partial charge in [-0.1, -0.05) is 24.3 Å². The van der Waals surface area contributed by atoms with Crippen LogP contribution in [0.3, 0.4) is 0 Å². The number of nitro groups is 1. The summed E-state index contributed by atoms with van der Waals surface area (Å²) in [4.78, 5) is 22.4. The van der Waals surface area contributed by atoms with Crippen LogP contribution in [0.25, 0.3) is 0 Å². The molecule has 0 saturated heterocycles. The highest BCUT2D eigenvalue weighted by molar-refractivity contribution is 5.43.